The third-order valence-corrected chi connectivity index (χ3v) is 7.78. The van der Waals surface area contributed by atoms with Gasteiger partial charge in [-0.25, -0.2) is 0 Å². The van der Waals surface area contributed by atoms with Gasteiger partial charge >= 0.3 is 205 Å². The van der Waals surface area contributed by atoms with Gasteiger partial charge in [0.2, 0.25) is 0 Å². The molecule has 0 saturated carbocycles. The minimum atomic E-state index is -6.22. The van der Waals surface area contributed by atoms with Crippen LogP contribution >= 0.6 is 20.6 Å². The van der Waals surface area contributed by atoms with E-state index in [1.54, 1.807) is 0 Å². The number of quaternary nitrogens is 1. The molecule has 1 aromatic carbocycles. The van der Waals surface area contributed by atoms with Crippen LogP contribution in [-0.4, -0.2) is 74.9 Å². The van der Waals surface area contributed by atoms with Crippen LogP contribution in [0.3, 0.4) is 0 Å². The Kier molecular flexibility index (Phi) is 10.5. The molecule has 17 heteroatoms. The Morgan fingerprint density at radius 3 is 1.42 bits per heavy atom. The van der Waals surface area contributed by atoms with E-state index in [-0.39, 0.29) is 12.0 Å². The van der Waals surface area contributed by atoms with Gasteiger partial charge in [-0.2, -0.15) is 0 Å². The monoisotopic (exact) mass is 666 g/mol. The molecule has 0 N–H and O–H groups in total. The van der Waals surface area contributed by atoms with Gasteiger partial charge in [-0.05, 0) is 0 Å². The van der Waals surface area contributed by atoms with Crippen LogP contribution in [-0.2, 0) is 6.13 Å². The van der Waals surface area contributed by atoms with Gasteiger partial charge in [0.15, 0.2) is 0 Å². The average Bonchev–Trinajstić information content (AvgIpc) is 2.63. The number of rotatable bonds is 10. The Morgan fingerprint density at radius 2 is 1.11 bits per heavy atom. The Hall–Kier alpha value is -1.34. The normalized spacial score (nSPS) is 14.5. The van der Waals surface area contributed by atoms with Crippen LogP contribution < -0.4 is 0 Å². The SMILES string of the molecule is C[N+](C)(C)CCCC(=O)c1ccc(I(OC(C(F)(F)F)C(F)(F)F)OC(C(F)(F)F)C(F)(F)F)cc1. The Bertz CT molecular complexity index is 795. The van der Waals surface area contributed by atoms with E-state index in [9.17, 15) is 57.5 Å². The van der Waals surface area contributed by atoms with Crippen molar-refractivity contribution in [2.45, 2.75) is 49.8 Å². The third kappa shape index (κ3) is 10.6. The Labute approximate surface area is 205 Å². The van der Waals surface area contributed by atoms with Crippen LogP contribution in [0, 0.1) is 3.57 Å². The van der Waals surface area contributed by atoms with Gasteiger partial charge in [-0.3, -0.25) is 0 Å². The maximum absolute atomic E-state index is 12.9. The summed E-state index contributed by atoms with van der Waals surface area (Å²) in [6, 6.07) is 2.94. The Morgan fingerprint density at radius 1 is 0.750 bits per heavy atom. The number of hydrogen-bond donors (Lipinski definition) is 0. The molecule has 0 fully saturated rings. The van der Waals surface area contributed by atoms with Crippen LogP contribution in [0.1, 0.15) is 23.2 Å². The van der Waals surface area contributed by atoms with Crippen LogP contribution in [0.4, 0.5) is 52.7 Å². The molecule has 0 unspecified atom stereocenters. The van der Waals surface area contributed by atoms with Crippen molar-refractivity contribution >= 4 is 26.4 Å². The second-order valence-electron chi connectivity index (χ2n) is 8.37. The number of carbonyl (C=O) groups is 1. The first-order chi connectivity index (χ1) is 15.9. The summed E-state index contributed by atoms with van der Waals surface area (Å²) in [5.41, 5.74) is -0.109. The molecule has 0 aromatic heterocycles. The molecule has 0 saturated heterocycles. The number of hydrogen-bond acceptors (Lipinski definition) is 3. The molecule has 0 radical (unpaired) electrons. The van der Waals surface area contributed by atoms with Gasteiger partial charge in [0, 0.05) is 0 Å². The van der Waals surface area contributed by atoms with Crippen LogP contribution in [0.25, 0.3) is 0 Å². The van der Waals surface area contributed by atoms with Crippen LogP contribution in [0.2, 0.25) is 0 Å². The van der Waals surface area contributed by atoms with E-state index in [1.165, 1.54) is 0 Å². The molecule has 0 aliphatic rings. The second-order valence-corrected chi connectivity index (χ2v) is 11.9. The first kappa shape index (κ1) is 32.7. The number of benzene rings is 1. The molecule has 0 bridgehead atoms. The third-order valence-electron chi connectivity index (χ3n) is 4.11. The summed E-state index contributed by atoms with van der Waals surface area (Å²) < 4.78 is 162. The molecule has 4 nitrogen and oxygen atoms in total. The van der Waals surface area contributed by atoms with E-state index in [2.05, 4.69) is 6.13 Å². The Balaban J connectivity index is 3.34. The number of ketones is 1. The molecule has 0 heterocycles. The zero-order valence-corrected chi connectivity index (χ0v) is 20.8. The summed E-state index contributed by atoms with van der Waals surface area (Å²) in [5, 5.41) is 0. The van der Waals surface area contributed by atoms with Crippen LogP contribution in [0.15, 0.2) is 24.3 Å². The van der Waals surface area contributed by atoms with Gasteiger partial charge < -0.3 is 0 Å². The predicted octanol–water partition coefficient (Wildman–Crippen LogP) is 6.88. The summed E-state index contributed by atoms with van der Waals surface area (Å²) in [4.78, 5) is 12.2. The minimum absolute atomic E-state index is 0.0152. The number of Topliss-reactive ketones (excluding diaryl/α,β-unsaturated/α-hetero) is 1. The fourth-order valence-electron chi connectivity index (χ4n) is 2.46. The van der Waals surface area contributed by atoms with E-state index in [0.29, 0.717) is 29.6 Å². The second kappa shape index (κ2) is 11.6. The first-order valence-electron chi connectivity index (χ1n) is 9.68. The molecule has 0 atom stereocenters. The summed E-state index contributed by atoms with van der Waals surface area (Å²) in [5.74, 6) is -0.510. The molecule has 210 valence electrons. The number of nitrogens with zero attached hydrogens (tertiary/aromatic N) is 1. The van der Waals surface area contributed by atoms with Crippen molar-refractivity contribution in [2.75, 3.05) is 27.7 Å². The van der Waals surface area contributed by atoms with Gasteiger partial charge in [-0.15, -0.1) is 0 Å². The fourth-order valence-corrected chi connectivity index (χ4v) is 6.19. The van der Waals surface area contributed by atoms with E-state index in [1.807, 2.05) is 21.1 Å². The topological polar surface area (TPSA) is 35.5 Å². The molecule has 0 aliphatic carbocycles. The van der Waals surface area contributed by atoms with E-state index >= 15 is 0 Å². The molecular formula is C19H21F12INO3+. The zero-order valence-electron chi connectivity index (χ0n) is 18.7. The van der Waals surface area contributed by atoms with Gasteiger partial charge in [-0.1, -0.05) is 0 Å². The average molecular weight is 666 g/mol. The van der Waals surface area contributed by atoms with Crippen molar-refractivity contribution in [1.29, 1.82) is 0 Å². The van der Waals surface area contributed by atoms with E-state index in [0.717, 1.165) is 12.1 Å². The molecule has 0 aliphatic heterocycles. The number of halogens is 13. The molecule has 36 heavy (non-hydrogen) atoms. The summed E-state index contributed by atoms with van der Waals surface area (Å²) in [6.07, 6.45) is -33.9. The molecule has 1 aromatic rings. The first-order valence-corrected chi connectivity index (χ1v) is 12.5. The van der Waals surface area contributed by atoms with E-state index < -0.39 is 66.9 Å². The number of alkyl halides is 12. The van der Waals surface area contributed by atoms with Crippen molar-refractivity contribution in [3.8, 4) is 0 Å². The van der Waals surface area contributed by atoms with Crippen molar-refractivity contribution in [1.82, 2.24) is 0 Å². The van der Waals surface area contributed by atoms with Crippen molar-refractivity contribution in [3.63, 3.8) is 0 Å². The molecule has 0 amide bonds. The van der Waals surface area contributed by atoms with Crippen molar-refractivity contribution in [2.24, 2.45) is 0 Å². The summed E-state index contributed by atoms with van der Waals surface area (Å²) >= 11 is -5.43. The quantitative estimate of drug-likeness (QED) is 0.118. The molecule has 0 spiro atoms. The standard InChI is InChI=1S/C19H21F12INO3/c1-33(2,3)10-4-5-13(34)11-6-8-12(9-7-11)32(35-14(16(20,21)22)17(23,24)25)36-15(18(26,27)28)19(29,30)31/h6-9,14-15H,4-5,10H2,1-3H3/q+1. The van der Waals surface area contributed by atoms with E-state index in [4.69, 9.17) is 0 Å². The van der Waals surface area contributed by atoms with Gasteiger partial charge in [0.1, 0.15) is 0 Å². The maximum atomic E-state index is 12.9. The summed E-state index contributed by atoms with van der Waals surface area (Å²) in [7, 11) is 5.53. The van der Waals surface area contributed by atoms with Gasteiger partial charge in [0.05, 0.1) is 0 Å². The summed E-state index contributed by atoms with van der Waals surface area (Å²) in [6.45, 7) is 0.563. The predicted molar refractivity (Wildman–Crippen MR) is 110 cm³/mol. The number of carbonyl (C=O) groups excluding carboxylic acids is 1. The molecular weight excluding hydrogens is 645 g/mol. The van der Waals surface area contributed by atoms with Crippen molar-refractivity contribution < 1.29 is 68.1 Å². The van der Waals surface area contributed by atoms with Crippen molar-refractivity contribution in [3.05, 3.63) is 33.4 Å². The van der Waals surface area contributed by atoms with Gasteiger partial charge in [0.25, 0.3) is 0 Å². The fraction of sp³-hybridized carbons (Fsp3) is 0.632. The zero-order chi connectivity index (χ0) is 28.3. The molecule has 1 rings (SSSR count). The van der Waals surface area contributed by atoms with Crippen LogP contribution in [0.5, 0.6) is 0 Å².